The maximum Gasteiger partial charge on any atom is 0.244 e. The molecule has 26 heavy (non-hydrogen) atoms. The molecule has 1 aliphatic rings. The van der Waals surface area contributed by atoms with Gasteiger partial charge in [-0.05, 0) is 26.7 Å². The number of nitrogens with zero attached hydrogens (tertiary/aromatic N) is 4. The molecule has 0 aromatic heterocycles. The molecule has 0 aromatic carbocycles. The van der Waals surface area contributed by atoms with Crippen LogP contribution >= 0.6 is 0 Å². The van der Waals surface area contributed by atoms with Crippen molar-refractivity contribution in [2.24, 2.45) is 0 Å². The van der Waals surface area contributed by atoms with Crippen molar-refractivity contribution in [3.05, 3.63) is 0 Å². The highest BCUT2D eigenvalue weighted by Gasteiger charge is 2.29. The number of amides is 2. The molecule has 0 spiro atoms. The fraction of sp³-hybridized carbons (Fsp3) is 0.778. The standard InChI is InChI=1S/C18H32N4O4/c1-5-7-21(17(25)13-15(3)23)19-9-11-20(12-10-19)22(8-6-2)18(26)14-16(4)24/h5-14H2,1-4H3. The molecule has 8 heteroatoms. The number of hydrazine groups is 2. The lowest BCUT2D eigenvalue weighted by molar-refractivity contribution is -0.169. The average molecular weight is 368 g/mol. The van der Waals surface area contributed by atoms with Crippen LogP contribution in [0.5, 0.6) is 0 Å². The van der Waals surface area contributed by atoms with Crippen LogP contribution in [0.25, 0.3) is 0 Å². The molecular formula is C18H32N4O4. The molecule has 2 amide bonds. The van der Waals surface area contributed by atoms with Gasteiger partial charge < -0.3 is 0 Å². The van der Waals surface area contributed by atoms with Crippen LogP contribution in [0.4, 0.5) is 0 Å². The summed E-state index contributed by atoms with van der Waals surface area (Å²) in [7, 11) is 0. The SMILES string of the molecule is CCCN(C(=O)CC(C)=O)N1CCN(N(CCC)C(=O)CC(C)=O)CC1. The van der Waals surface area contributed by atoms with Gasteiger partial charge in [0.25, 0.3) is 0 Å². The molecule has 1 fully saturated rings. The molecule has 1 aliphatic heterocycles. The molecule has 0 aliphatic carbocycles. The van der Waals surface area contributed by atoms with Gasteiger partial charge in [-0.15, -0.1) is 0 Å². The minimum atomic E-state index is -0.175. The van der Waals surface area contributed by atoms with Gasteiger partial charge in [0.1, 0.15) is 11.6 Å². The number of hydrogen-bond donors (Lipinski definition) is 0. The van der Waals surface area contributed by atoms with Crippen LogP contribution < -0.4 is 0 Å². The molecular weight excluding hydrogens is 336 g/mol. The predicted octanol–water partition coefficient (Wildman–Crippen LogP) is 0.869. The van der Waals surface area contributed by atoms with Crippen LogP contribution in [-0.2, 0) is 19.2 Å². The summed E-state index contributed by atoms with van der Waals surface area (Å²) in [6.45, 7) is 10.4. The van der Waals surface area contributed by atoms with Crippen LogP contribution in [0.2, 0.25) is 0 Å². The lowest BCUT2D eigenvalue weighted by atomic mass is 10.2. The van der Waals surface area contributed by atoms with Crippen LogP contribution in [0.3, 0.4) is 0 Å². The monoisotopic (exact) mass is 368 g/mol. The molecule has 1 saturated heterocycles. The zero-order valence-corrected chi connectivity index (χ0v) is 16.5. The van der Waals surface area contributed by atoms with E-state index in [0.717, 1.165) is 12.8 Å². The van der Waals surface area contributed by atoms with E-state index in [1.54, 1.807) is 10.0 Å². The molecule has 0 unspecified atom stereocenters. The van der Waals surface area contributed by atoms with Crippen molar-refractivity contribution in [2.75, 3.05) is 39.3 Å². The van der Waals surface area contributed by atoms with Crippen LogP contribution in [0, 0.1) is 0 Å². The third-order valence-electron chi connectivity index (χ3n) is 4.16. The van der Waals surface area contributed by atoms with Crippen molar-refractivity contribution < 1.29 is 19.2 Å². The van der Waals surface area contributed by atoms with Crippen molar-refractivity contribution in [3.8, 4) is 0 Å². The summed E-state index contributed by atoms with van der Waals surface area (Å²) in [5.74, 6) is -0.630. The number of hydrogen-bond acceptors (Lipinski definition) is 6. The summed E-state index contributed by atoms with van der Waals surface area (Å²) in [6.07, 6.45) is 1.45. The number of carbonyl (C=O) groups excluding carboxylic acids is 4. The third-order valence-corrected chi connectivity index (χ3v) is 4.16. The molecule has 0 aromatic rings. The Morgan fingerprint density at radius 1 is 0.692 bits per heavy atom. The molecule has 1 heterocycles. The van der Waals surface area contributed by atoms with Crippen molar-refractivity contribution in [1.82, 2.24) is 20.0 Å². The van der Waals surface area contributed by atoms with Gasteiger partial charge in [0.05, 0.1) is 12.8 Å². The van der Waals surface area contributed by atoms with Crippen molar-refractivity contribution in [3.63, 3.8) is 0 Å². The lowest BCUT2D eigenvalue weighted by Crippen LogP contribution is -2.60. The van der Waals surface area contributed by atoms with E-state index in [4.69, 9.17) is 0 Å². The van der Waals surface area contributed by atoms with Gasteiger partial charge >= 0.3 is 0 Å². The topological polar surface area (TPSA) is 81.2 Å². The molecule has 1 rings (SSSR count). The molecule has 0 bridgehead atoms. The van der Waals surface area contributed by atoms with Crippen molar-refractivity contribution in [1.29, 1.82) is 0 Å². The van der Waals surface area contributed by atoms with Crippen LogP contribution in [0.15, 0.2) is 0 Å². The fourth-order valence-corrected chi connectivity index (χ4v) is 3.05. The predicted molar refractivity (Wildman–Crippen MR) is 97.8 cm³/mol. The Morgan fingerprint density at radius 3 is 1.23 bits per heavy atom. The number of carbonyl (C=O) groups is 4. The first-order valence-corrected chi connectivity index (χ1v) is 9.39. The Morgan fingerprint density at radius 2 is 1.00 bits per heavy atom. The summed E-state index contributed by atoms with van der Waals surface area (Å²) < 4.78 is 0. The summed E-state index contributed by atoms with van der Waals surface area (Å²) in [6, 6.07) is 0. The van der Waals surface area contributed by atoms with Gasteiger partial charge in [-0.3, -0.25) is 29.2 Å². The minimum Gasteiger partial charge on any atom is -0.299 e. The number of piperazine rings is 1. The first kappa shape index (κ1) is 22.2. The van der Waals surface area contributed by atoms with Gasteiger partial charge in [-0.2, -0.15) is 0 Å². The maximum absolute atomic E-state index is 12.3. The Kier molecular flexibility index (Phi) is 9.43. The lowest BCUT2D eigenvalue weighted by Gasteiger charge is -2.44. The van der Waals surface area contributed by atoms with E-state index in [0.29, 0.717) is 39.3 Å². The Hall–Kier alpha value is -1.80. The summed E-state index contributed by atoms with van der Waals surface area (Å²) >= 11 is 0. The van der Waals surface area contributed by atoms with Gasteiger partial charge in [0.15, 0.2) is 0 Å². The number of ketones is 2. The highest BCUT2D eigenvalue weighted by Crippen LogP contribution is 2.12. The second-order valence-electron chi connectivity index (χ2n) is 6.70. The zero-order chi connectivity index (χ0) is 19.7. The molecule has 0 saturated carbocycles. The van der Waals surface area contributed by atoms with E-state index in [9.17, 15) is 19.2 Å². The van der Waals surface area contributed by atoms with Crippen LogP contribution in [0.1, 0.15) is 53.4 Å². The zero-order valence-electron chi connectivity index (χ0n) is 16.5. The van der Waals surface area contributed by atoms with Crippen LogP contribution in [-0.4, -0.2) is 82.7 Å². The third kappa shape index (κ3) is 6.84. The largest absolute Gasteiger partial charge is 0.299 e. The molecule has 8 nitrogen and oxygen atoms in total. The summed E-state index contributed by atoms with van der Waals surface area (Å²) in [5, 5.41) is 7.26. The van der Waals surface area contributed by atoms with Gasteiger partial charge in [-0.1, -0.05) is 13.8 Å². The Bertz CT molecular complexity index is 469. The maximum atomic E-state index is 12.3. The van der Waals surface area contributed by atoms with E-state index in [-0.39, 0.29) is 36.2 Å². The normalized spacial score (nSPS) is 15.5. The van der Waals surface area contributed by atoms with Crippen molar-refractivity contribution >= 4 is 23.4 Å². The Balaban J connectivity index is 2.72. The quantitative estimate of drug-likeness (QED) is 0.532. The minimum absolute atomic E-state index is 0.0841. The van der Waals surface area contributed by atoms with E-state index >= 15 is 0 Å². The first-order valence-electron chi connectivity index (χ1n) is 9.39. The molecule has 0 radical (unpaired) electrons. The average Bonchev–Trinajstić information content (AvgIpc) is 2.56. The molecule has 0 N–H and O–H groups in total. The van der Waals surface area contributed by atoms with Crippen molar-refractivity contribution in [2.45, 2.75) is 53.4 Å². The fourth-order valence-electron chi connectivity index (χ4n) is 3.05. The number of Topliss-reactive ketones (excluding diaryl/α,β-unsaturated/α-hetero) is 2. The second-order valence-corrected chi connectivity index (χ2v) is 6.70. The summed E-state index contributed by atoms with van der Waals surface area (Å²) in [4.78, 5) is 47.2. The number of rotatable bonds is 10. The van der Waals surface area contributed by atoms with Gasteiger partial charge in [0, 0.05) is 39.3 Å². The first-order chi connectivity index (χ1) is 12.3. The van der Waals surface area contributed by atoms with E-state index in [2.05, 4.69) is 0 Å². The molecule has 148 valence electrons. The van der Waals surface area contributed by atoms with E-state index < -0.39 is 0 Å². The smallest absolute Gasteiger partial charge is 0.244 e. The van der Waals surface area contributed by atoms with E-state index in [1.807, 2.05) is 23.9 Å². The summed E-state index contributed by atoms with van der Waals surface area (Å²) in [5.41, 5.74) is 0. The Labute approximate surface area is 156 Å². The van der Waals surface area contributed by atoms with Gasteiger partial charge in [0.2, 0.25) is 11.8 Å². The molecule has 0 atom stereocenters. The van der Waals surface area contributed by atoms with E-state index in [1.165, 1.54) is 13.8 Å². The second kappa shape index (κ2) is 11.0. The highest BCUT2D eigenvalue weighted by molar-refractivity contribution is 5.97. The highest BCUT2D eigenvalue weighted by atomic mass is 16.2. The van der Waals surface area contributed by atoms with Gasteiger partial charge in [-0.25, -0.2) is 10.0 Å².